The molecule has 0 aromatic heterocycles. The molecule has 3 N–H and O–H groups in total. The molecule has 0 radical (unpaired) electrons. The monoisotopic (exact) mass is 244 g/mol. The van der Waals surface area contributed by atoms with Gasteiger partial charge in [0, 0.05) is 13.1 Å². The minimum atomic E-state index is -1.65. The normalized spacial score (nSPS) is 21.4. The van der Waals surface area contributed by atoms with Gasteiger partial charge in [-0.15, -0.1) is 0 Å². The molecule has 5 heteroatoms. The van der Waals surface area contributed by atoms with Gasteiger partial charge < -0.3 is 15.5 Å². The van der Waals surface area contributed by atoms with Crippen molar-refractivity contribution < 1.29 is 15.0 Å². The number of aliphatic hydroxyl groups is 1. The van der Waals surface area contributed by atoms with Crippen LogP contribution in [0.25, 0.3) is 0 Å². The number of piperidine rings is 1. The molecule has 0 aliphatic carbocycles. The summed E-state index contributed by atoms with van der Waals surface area (Å²) < 4.78 is 0. The van der Waals surface area contributed by atoms with Crippen molar-refractivity contribution >= 4 is 5.97 Å². The Balaban J connectivity index is 2.44. The average molecular weight is 244 g/mol. The first-order chi connectivity index (χ1) is 7.95. The molecule has 1 rings (SSSR count). The van der Waals surface area contributed by atoms with Gasteiger partial charge in [-0.1, -0.05) is 6.92 Å². The maximum atomic E-state index is 10.9. The summed E-state index contributed by atoms with van der Waals surface area (Å²) in [5.74, 6) is -0.540. The Labute approximate surface area is 103 Å². The minimum Gasteiger partial charge on any atom is -0.479 e. The van der Waals surface area contributed by atoms with Gasteiger partial charge in [0.1, 0.15) is 0 Å². The second-order valence-corrected chi connectivity index (χ2v) is 5.10. The maximum absolute atomic E-state index is 10.9. The van der Waals surface area contributed by atoms with Crippen LogP contribution in [0.1, 0.15) is 26.7 Å². The number of carbonyl (C=O) groups is 1. The highest BCUT2D eigenvalue weighted by molar-refractivity contribution is 5.76. The maximum Gasteiger partial charge on any atom is 0.336 e. The molecule has 0 saturated carbocycles. The van der Waals surface area contributed by atoms with Crippen molar-refractivity contribution in [1.29, 1.82) is 0 Å². The lowest BCUT2D eigenvalue weighted by molar-refractivity contribution is -0.158. The molecule has 0 spiro atoms. The van der Waals surface area contributed by atoms with E-state index in [0.29, 0.717) is 5.92 Å². The Morgan fingerprint density at radius 1 is 1.47 bits per heavy atom. The molecule has 1 atom stereocenters. The standard InChI is InChI=1S/C12H24N2O3/c1-3-14(9-12(2,17)11(15)16)8-10-4-6-13-7-5-10/h10,13,17H,3-9H2,1-2H3,(H,15,16). The first-order valence-corrected chi connectivity index (χ1v) is 6.34. The lowest BCUT2D eigenvalue weighted by Gasteiger charge is -2.32. The van der Waals surface area contributed by atoms with Crippen LogP contribution in [0.2, 0.25) is 0 Å². The third kappa shape index (κ3) is 4.61. The molecular weight excluding hydrogens is 220 g/mol. The summed E-state index contributed by atoms with van der Waals surface area (Å²) >= 11 is 0. The van der Waals surface area contributed by atoms with Crippen molar-refractivity contribution in [3.63, 3.8) is 0 Å². The van der Waals surface area contributed by atoms with Crippen LogP contribution in [0, 0.1) is 5.92 Å². The molecule has 1 fully saturated rings. The van der Waals surface area contributed by atoms with Gasteiger partial charge in [-0.3, -0.25) is 4.90 Å². The summed E-state index contributed by atoms with van der Waals surface area (Å²) in [6.07, 6.45) is 2.26. The number of carboxylic acids is 1. The van der Waals surface area contributed by atoms with Crippen LogP contribution < -0.4 is 5.32 Å². The number of aliphatic carboxylic acids is 1. The van der Waals surface area contributed by atoms with Crippen molar-refractivity contribution in [1.82, 2.24) is 10.2 Å². The van der Waals surface area contributed by atoms with E-state index in [-0.39, 0.29) is 6.54 Å². The van der Waals surface area contributed by atoms with Gasteiger partial charge in [-0.05, 0) is 45.3 Å². The molecule has 1 aliphatic heterocycles. The van der Waals surface area contributed by atoms with Crippen LogP contribution in [-0.2, 0) is 4.79 Å². The molecule has 5 nitrogen and oxygen atoms in total. The first kappa shape index (κ1) is 14.4. The second kappa shape index (κ2) is 6.33. The third-order valence-electron chi connectivity index (χ3n) is 3.41. The molecular formula is C12H24N2O3. The van der Waals surface area contributed by atoms with E-state index in [4.69, 9.17) is 5.11 Å². The number of rotatable bonds is 6. The van der Waals surface area contributed by atoms with Crippen molar-refractivity contribution in [3.05, 3.63) is 0 Å². The number of hydrogen-bond donors (Lipinski definition) is 3. The van der Waals surface area contributed by atoms with Crippen molar-refractivity contribution in [3.8, 4) is 0 Å². The van der Waals surface area contributed by atoms with E-state index in [1.54, 1.807) is 0 Å². The summed E-state index contributed by atoms with van der Waals surface area (Å²) in [6, 6.07) is 0. The Morgan fingerprint density at radius 3 is 2.53 bits per heavy atom. The van der Waals surface area contributed by atoms with E-state index in [0.717, 1.165) is 39.0 Å². The van der Waals surface area contributed by atoms with Crippen LogP contribution >= 0.6 is 0 Å². The quantitative estimate of drug-likeness (QED) is 0.620. The zero-order chi connectivity index (χ0) is 12.9. The van der Waals surface area contributed by atoms with Crippen LogP contribution in [0.4, 0.5) is 0 Å². The van der Waals surface area contributed by atoms with Gasteiger partial charge in [0.15, 0.2) is 5.60 Å². The van der Waals surface area contributed by atoms with E-state index in [9.17, 15) is 9.90 Å². The lowest BCUT2D eigenvalue weighted by atomic mass is 9.96. The Bertz CT molecular complexity index is 250. The summed E-state index contributed by atoms with van der Waals surface area (Å²) in [5.41, 5.74) is -1.65. The van der Waals surface area contributed by atoms with Crippen molar-refractivity contribution in [2.24, 2.45) is 5.92 Å². The summed E-state index contributed by atoms with van der Waals surface area (Å²) in [4.78, 5) is 12.9. The van der Waals surface area contributed by atoms with Gasteiger partial charge in [-0.25, -0.2) is 4.79 Å². The Morgan fingerprint density at radius 2 is 2.06 bits per heavy atom. The zero-order valence-corrected chi connectivity index (χ0v) is 10.8. The van der Waals surface area contributed by atoms with E-state index < -0.39 is 11.6 Å². The van der Waals surface area contributed by atoms with Crippen LogP contribution in [0.5, 0.6) is 0 Å². The number of nitrogens with zero attached hydrogens (tertiary/aromatic N) is 1. The fourth-order valence-corrected chi connectivity index (χ4v) is 2.24. The van der Waals surface area contributed by atoms with Gasteiger partial charge >= 0.3 is 5.97 Å². The molecule has 17 heavy (non-hydrogen) atoms. The summed E-state index contributed by atoms with van der Waals surface area (Å²) in [5, 5.41) is 22.0. The number of hydrogen-bond acceptors (Lipinski definition) is 4. The number of nitrogens with one attached hydrogen (secondary N) is 1. The van der Waals surface area contributed by atoms with Crippen molar-refractivity contribution in [2.45, 2.75) is 32.3 Å². The predicted octanol–water partition coefficient (Wildman–Crippen LogP) is 0.144. The molecule has 0 bridgehead atoms. The first-order valence-electron chi connectivity index (χ1n) is 6.34. The average Bonchev–Trinajstić information content (AvgIpc) is 2.29. The highest BCUT2D eigenvalue weighted by Crippen LogP contribution is 2.15. The lowest BCUT2D eigenvalue weighted by Crippen LogP contribution is -2.48. The molecule has 0 amide bonds. The topological polar surface area (TPSA) is 72.8 Å². The molecule has 0 aromatic rings. The summed E-state index contributed by atoms with van der Waals surface area (Å²) in [7, 11) is 0. The molecule has 1 saturated heterocycles. The number of likely N-dealkylation sites (N-methyl/N-ethyl adjacent to an activating group) is 1. The smallest absolute Gasteiger partial charge is 0.336 e. The van der Waals surface area contributed by atoms with Crippen molar-refractivity contribution in [2.75, 3.05) is 32.7 Å². The Kier molecular flexibility index (Phi) is 5.36. The van der Waals surface area contributed by atoms with E-state index >= 15 is 0 Å². The Hall–Kier alpha value is -0.650. The molecule has 1 heterocycles. The highest BCUT2D eigenvalue weighted by Gasteiger charge is 2.32. The SMILES string of the molecule is CCN(CC1CCNCC1)CC(C)(O)C(=O)O. The van der Waals surface area contributed by atoms with Crippen LogP contribution in [-0.4, -0.2) is 59.4 Å². The third-order valence-corrected chi connectivity index (χ3v) is 3.41. The molecule has 100 valence electrons. The van der Waals surface area contributed by atoms with E-state index in [1.165, 1.54) is 6.92 Å². The molecule has 1 unspecified atom stereocenters. The molecule has 0 aromatic carbocycles. The van der Waals surface area contributed by atoms with Crippen LogP contribution in [0.15, 0.2) is 0 Å². The minimum absolute atomic E-state index is 0.197. The van der Waals surface area contributed by atoms with Gasteiger partial charge in [0.25, 0.3) is 0 Å². The molecule has 1 aliphatic rings. The van der Waals surface area contributed by atoms with Gasteiger partial charge in [-0.2, -0.15) is 0 Å². The highest BCUT2D eigenvalue weighted by atomic mass is 16.4. The fraction of sp³-hybridized carbons (Fsp3) is 0.917. The number of carboxylic acid groups (broad SMARTS) is 1. The zero-order valence-electron chi connectivity index (χ0n) is 10.8. The van der Waals surface area contributed by atoms with Gasteiger partial charge in [0.2, 0.25) is 0 Å². The summed E-state index contributed by atoms with van der Waals surface area (Å²) in [6.45, 7) is 7.28. The van der Waals surface area contributed by atoms with E-state index in [2.05, 4.69) is 5.32 Å². The second-order valence-electron chi connectivity index (χ2n) is 5.10. The van der Waals surface area contributed by atoms with Gasteiger partial charge in [0.05, 0.1) is 0 Å². The largest absolute Gasteiger partial charge is 0.479 e. The van der Waals surface area contributed by atoms with Crippen LogP contribution in [0.3, 0.4) is 0 Å². The fourth-order valence-electron chi connectivity index (χ4n) is 2.24. The predicted molar refractivity (Wildman–Crippen MR) is 66.0 cm³/mol. The van der Waals surface area contributed by atoms with E-state index in [1.807, 2.05) is 11.8 Å².